The summed E-state index contributed by atoms with van der Waals surface area (Å²) in [6.07, 6.45) is 0. The van der Waals surface area contributed by atoms with Gasteiger partial charge in [0.1, 0.15) is 0 Å². The van der Waals surface area contributed by atoms with Crippen LogP contribution in [-0.2, 0) is 13.6 Å². The predicted molar refractivity (Wildman–Crippen MR) is 55.5 cm³/mol. The first kappa shape index (κ1) is 14.8. The summed E-state index contributed by atoms with van der Waals surface area (Å²) in [7, 11) is 1.70. The highest BCUT2D eigenvalue weighted by atomic mass is 28.4. The Bertz CT molecular complexity index is 162. The normalized spacial score (nSPS) is 9.92. The molecule has 1 amide bonds. The third-order valence-corrected chi connectivity index (χ3v) is 3.37. The molecular formula is C8H19NO3Si. The maximum absolute atomic E-state index is 9.82. The van der Waals surface area contributed by atoms with E-state index >= 15 is 0 Å². The summed E-state index contributed by atoms with van der Waals surface area (Å²) < 4.78 is 10.0. The molecule has 0 saturated carbocycles. The first-order valence-corrected chi connectivity index (χ1v) is 6.64. The Hall–Kier alpha value is -0.653. The predicted octanol–water partition coefficient (Wildman–Crippen LogP) is 1.03. The molecule has 0 aliphatic carbocycles. The van der Waals surface area contributed by atoms with Crippen LogP contribution in [0.4, 0.5) is 0 Å². The van der Waals surface area contributed by atoms with Gasteiger partial charge in [-0.1, -0.05) is 6.58 Å². The minimum Gasteiger partial charge on any atom is -0.398 e. The maximum atomic E-state index is 9.82. The molecule has 0 radical (unpaired) electrons. The molecule has 0 aromatic rings. The van der Waals surface area contributed by atoms with Crippen molar-refractivity contribution < 1.29 is 13.6 Å². The van der Waals surface area contributed by atoms with Gasteiger partial charge in [0, 0.05) is 19.8 Å². The van der Waals surface area contributed by atoms with Crippen molar-refractivity contribution in [3.63, 3.8) is 0 Å². The van der Waals surface area contributed by atoms with E-state index in [1.807, 2.05) is 13.1 Å². The fourth-order valence-corrected chi connectivity index (χ4v) is 0.250. The van der Waals surface area contributed by atoms with Gasteiger partial charge in [-0.2, -0.15) is 0 Å². The maximum Gasteiger partial charge on any atom is 0.331 e. The van der Waals surface area contributed by atoms with Crippen molar-refractivity contribution in [3.8, 4) is 0 Å². The molecule has 0 heterocycles. The standard InChI is InChI=1S/C4H7NO.C4H12O2Si/c1-3(2)4(5)6;1-5-7(3,4)6-2/h1H2,2H3,(H2,5,6);1-4H3. The lowest BCUT2D eigenvalue weighted by atomic mass is 10.3. The van der Waals surface area contributed by atoms with Crippen molar-refractivity contribution in [2.75, 3.05) is 14.2 Å². The Morgan fingerprint density at radius 2 is 1.54 bits per heavy atom. The van der Waals surface area contributed by atoms with Crippen LogP contribution in [-0.4, -0.2) is 28.7 Å². The fourth-order valence-electron chi connectivity index (χ4n) is 0.0833. The average Bonchev–Trinajstić information content (AvgIpc) is 2.05. The van der Waals surface area contributed by atoms with Crippen LogP contribution in [0.15, 0.2) is 12.2 Å². The van der Waals surface area contributed by atoms with Crippen LogP contribution in [0.25, 0.3) is 0 Å². The number of rotatable bonds is 3. The van der Waals surface area contributed by atoms with Gasteiger partial charge in [-0.15, -0.1) is 0 Å². The van der Waals surface area contributed by atoms with Crippen LogP contribution in [0.2, 0.25) is 13.1 Å². The van der Waals surface area contributed by atoms with E-state index in [1.165, 1.54) is 0 Å². The monoisotopic (exact) mass is 205 g/mol. The van der Waals surface area contributed by atoms with Crippen LogP contribution in [0.3, 0.4) is 0 Å². The number of hydrogen-bond acceptors (Lipinski definition) is 3. The second-order valence-corrected chi connectivity index (χ2v) is 6.57. The van der Waals surface area contributed by atoms with E-state index in [2.05, 4.69) is 6.58 Å². The van der Waals surface area contributed by atoms with E-state index < -0.39 is 14.5 Å². The van der Waals surface area contributed by atoms with Crippen LogP contribution >= 0.6 is 0 Å². The van der Waals surface area contributed by atoms with E-state index in [0.717, 1.165) is 0 Å². The molecule has 5 heteroatoms. The molecule has 0 rings (SSSR count). The molecular weight excluding hydrogens is 186 g/mol. The molecule has 0 aromatic carbocycles. The van der Waals surface area contributed by atoms with Gasteiger partial charge >= 0.3 is 8.56 Å². The molecule has 0 fully saturated rings. The van der Waals surface area contributed by atoms with E-state index in [-0.39, 0.29) is 0 Å². The molecule has 0 aliphatic heterocycles. The molecule has 4 nitrogen and oxygen atoms in total. The lowest BCUT2D eigenvalue weighted by molar-refractivity contribution is -0.114. The summed E-state index contributed by atoms with van der Waals surface area (Å²) in [6, 6.07) is 0. The first-order chi connectivity index (χ1) is 5.76. The van der Waals surface area contributed by atoms with E-state index in [4.69, 9.17) is 14.6 Å². The van der Waals surface area contributed by atoms with Crippen molar-refractivity contribution in [1.29, 1.82) is 0 Å². The molecule has 0 saturated heterocycles. The summed E-state index contributed by atoms with van der Waals surface area (Å²) in [5, 5.41) is 0. The van der Waals surface area contributed by atoms with E-state index in [9.17, 15) is 4.79 Å². The average molecular weight is 205 g/mol. The number of nitrogens with two attached hydrogens (primary N) is 1. The van der Waals surface area contributed by atoms with Crippen LogP contribution in [0, 0.1) is 0 Å². The van der Waals surface area contributed by atoms with Crippen molar-refractivity contribution in [2.24, 2.45) is 5.73 Å². The van der Waals surface area contributed by atoms with Crippen LogP contribution in [0.1, 0.15) is 6.92 Å². The molecule has 0 aliphatic rings. The van der Waals surface area contributed by atoms with Crippen molar-refractivity contribution in [1.82, 2.24) is 0 Å². The van der Waals surface area contributed by atoms with Gasteiger partial charge < -0.3 is 14.6 Å². The first-order valence-electron chi connectivity index (χ1n) is 3.82. The zero-order chi connectivity index (χ0) is 11.1. The Kier molecular flexibility index (Phi) is 7.79. The molecule has 0 unspecified atom stereocenters. The highest BCUT2D eigenvalue weighted by Crippen LogP contribution is 1.99. The Morgan fingerprint density at radius 3 is 1.54 bits per heavy atom. The van der Waals surface area contributed by atoms with Crippen molar-refractivity contribution in [2.45, 2.75) is 20.0 Å². The third-order valence-electron chi connectivity index (χ3n) is 1.40. The van der Waals surface area contributed by atoms with Crippen molar-refractivity contribution in [3.05, 3.63) is 12.2 Å². The highest BCUT2D eigenvalue weighted by molar-refractivity contribution is 6.64. The zero-order valence-electron chi connectivity index (χ0n) is 9.01. The summed E-state index contributed by atoms with van der Waals surface area (Å²) in [5.74, 6) is -0.435. The van der Waals surface area contributed by atoms with Gasteiger partial charge in [-0.05, 0) is 20.0 Å². The van der Waals surface area contributed by atoms with E-state index in [0.29, 0.717) is 5.57 Å². The summed E-state index contributed by atoms with van der Waals surface area (Å²) in [6.45, 7) is 8.84. The van der Waals surface area contributed by atoms with Gasteiger partial charge in [-0.25, -0.2) is 0 Å². The molecule has 78 valence electrons. The number of carbonyl (C=O) groups is 1. The number of hydrogen-bond donors (Lipinski definition) is 1. The van der Waals surface area contributed by atoms with Crippen LogP contribution in [0.5, 0.6) is 0 Å². The van der Waals surface area contributed by atoms with Gasteiger partial charge in [0.2, 0.25) is 5.91 Å². The second-order valence-electron chi connectivity index (χ2n) is 2.95. The minimum atomic E-state index is -1.65. The number of amides is 1. The van der Waals surface area contributed by atoms with Crippen molar-refractivity contribution >= 4 is 14.5 Å². The summed E-state index contributed by atoms with van der Waals surface area (Å²) in [4.78, 5) is 9.82. The van der Waals surface area contributed by atoms with Gasteiger partial charge in [0.05, 0.1) is 0 Å². The molecule has 0 aromatic heterocycles. The Labute approximate surface area is 81.0 Å². The quantitative estimate of drug-likeness (QED) is 0.553. The second kappa shape index (κ2) is 6.82. The summed E-state index contributed by atoms with van der Waals surface area (Å²) >= 11 is 0. The molecule has 0 spiro atoms. The van der Waals surface area contributed by atoms with Crippen LogP contribution < -0.4 is 5.73 Å². The fraction of sp³-hybridized carbons (Fsp3) is 0.625. The Morgan fingerprint density at radius 1 is 1.31 bits per heavy atom. The minimum absolute atomic E-state index is 0.398. The van der Waals surface area contributed by atoms with E-state index in [1.54, 1.807) is 21.1 Å². The highest BCUT2D eigenvalue weighted by Gasteiger charge is 2.19. The molecule has 13 heavy (non-hydrogen) atoms. The van der Waals surface area contributed by atoms with Gasteiger partial charge in [-0.3, -0.25) is 4.79 Å². The largest absolute Gasteiger partial charge is 0.398 e. The number of primary amides is 1. The molecule has 0 atom stereocenters. The lowest BCUT2D eigenvalue weighted by Gasteiger charge is -2.15. The smallest absolute Gasteiger partial charge is 0.331 e. The Balaban J connectivity index is 0. The zero-order valence-corrected chi connectivity index (χ0v) is 10.0. The van der Waals surface area contributed by atoms with Gasteiger partial charge in [0.15, 0.2) is 0 Å². The number of carbonyl (C=O) groups excluding carboxylic acids is 1. The molecule has 0 bridgehead atoms. The van der Waals surface area contributed by atoms with Gasteiger partial charge in [0.25, 0.3) is 0 Å². The third kappa shape index (κ3) is 11.3. The molecule has 2 N–H and O–H groups in total. The lowest BCUT2D eigenvalue weighted by Crippen LogP contribution is -2.31. The SMILES string of the molecule is C=C(C)C(N)=O.CO[Si](C)(C)OC. The topological polar surface area (TPSA) is 61.6 Å². The summed E-state index contributed by atoms with van der Waals surface area (Å²) in [5.41, 5.74) is 5.09.